The van der Waals surface area contributed by atoms with Gasteiger partial charge in [0.2, 0.25) is 0 Å². The smallest absolute Gasteiger partial charge is 0.307 e. The summed E-state index contributed by atoms with van der Waals surface area (Å²) in [7, 11) is 0. The molecule has 2 atom stereocenters. The molecule has 8 heteroatoms. The molecule has 0 radical (unpaired) electrons. The second kappa shape index (κ2) is 8.56. The monoisotopic (exact) mass is 484 g/mol. The quantitative estimate of drug-likeness (QED) is 0.554. The lowest BCUT2D eigenvalue weighted by Crippen LogP contribution is -2.36. The number of aliphatic carboxylic acids is 1. The van der Waals surface area contributed by atoms with Gasteiger partial charge in [0.25, 0.3) is 0 Å². The number of halogens is 2. The van der Waals surface area contributed by atoms with Crippen LogP contribution < -0.4 is 4.90 Å². The van der Waals surface area contributed by atoms with E-state index in [0.717, 1.165) is 42.9 Å². The first-order chi connectivity index (χ1) is 16.5. The largest absolute Gasteiger partial charge is 0.481 e. The van der Waals surface area contributed by atoms with Crippen LogP contribution in [0.5, 0.6) is 0 Å². The Bertz CT molecular complexity index is 1270. The third kappa shape index (κ3) is 3.58. The summed E-state index contributed by atoms with van der Waals surface area (Å²) >= 11 is 6.80. The maximum Gasteiger partial charge on any atom is 0.307 e. The Hall–Kier alpha value is -2.61. The van der Waals surface area contributed by atoms with E-state index in [2.05, 4.69) is 9.80 Å². The van der Waals surface area contributed by atoms with E-state index in [1.807, 2.05) is 30.3 Å². The van der Waals surface area contributed by atoms with Crippen LogP contribution in [0.4, 0.5) is 10.1 Å². The molecule has 6 rings (SSSR count). The number of nitrogens with zero attached hydrogens (tertiary/aromatic N) is 2. The first-order valence-electron chi connectivity index (χ1n) is 11.8. The Kier molecular flexibility index (Phi) is 5.51. The highest BCUT2D eigenvalue weighted by molar-refractivity contribution is 6.36. The van der Waals surface area contributed by atoms with Crippen molar-refractivity contribution in [2.45, 2.75) is 25.3 Å². The molecule has 3 aliphatic rings. The third-order valence-electron chi connectivity index (χ3n) is 7.52. The van der Waals surface area contributed by atoms with Gasteiger partial charge in [0.05, 0.1) is 29.8 Å². The number of morpholine rings is 1. The minimum absolute atomic E-state index is 0.0461. The fourth-order valence-corrected chi connectivity index (χ4v) is 6.07. The summed E-state index contributed by atoms with van der Waals surface area (Å²) in [6, 6.07) is 9.76. The van der Waals surface area contributed by atoms with Crippen LogP contribution in [0.25, 0.3) is 22.3 Å². The molecule has 0 bridgehead atoms. The first-order valence-corrected chi connectivity index (χ1v) is 12.2. The van der Waals surface area contributed by atoms with E-state index in [0.29, 0.717) is 54.3 Å². The molecule has 1 N–H and O–H groups in total. The van der Waals surface area contributed by atoms with Crippen molar-refractivity contribution in [1.29, 1.82) is 0 Å². The van der Waals surface area contributed by atoms with Crippen molar-refractivity contribution in [3.8, 4) is 11.3 Å². The highest BCUT2D eigenvalue weighted by Crippen LogP contribution is 2.44. The molecule has 2 unspecified atom stereocenters. The number of ether oxygens (including phenoxy) is 1. The number of carbonyl (C=O) groups is 1. The molecule has 2 saturated heterocycles. The van der Waals surface area contributed by atoms with Gasteiger partial charge in [0.1, 0.15) is 5.76 Å². The molecule has 0 spiro atoms. The Labute approximate surface area is 201 Å². The van der Waals surface area contributed by atoms with Crippen LogP contribution in [0.1, 0.15) is 30.0 Å². The van der Waals surface area contributed by atoms with Gasteiger partial charge in [0.15, 0.2) is 11.4 Å². The minimum atomic E-state index is -0.752. The second-order valence-electron chi connectivity index (χ2n) is 9.40. The average Bonchev–Trinajstić information content (AvgIpc) is 3.58. The van der Waals surface area contributed by atoms with E-state index in [1.54, 1.807) is 0 Å². The zero-order valence-electron chi connectivity index (χ0n) is 18.7. The molecule has 1 aliphatic carbocycles. The number of rotatable bonds is 4. The van der Waals surface area contributed by atoms with Gasteiger partial charge in [-0.25, -0.2) is 4.39 Å². The molecule has 2 aliphatic heterocycles. The van der Waals surface area contributed by atoms with Gasteiger partial charge in [-0.3, -0.25) is 9.69 Å². The van der Waals surface area contributed by atoms with Crippen molar-refractivity contribution in [2.75, 3.05) is 44.3 Å². The molecule has 6 nitrogen and oxygen atoms in total. The highest BCUT2D eigenvalue weighted by Gasteiger charge is 2.37. The van der Waals surface area contributed by atoms with Crippen LogP contribution in [0, 0.1) is 11.7 Å². The van der Waals surface area contributed by atoms with Crippen molar-refractivity contribution >= 4 is 34.2 Å². The van der Waals surface area contributed by atoms with E-state index in [4.69, 9.17) is 20.8 Å². The highest BCUT2D eigenvalue weighted by atomic mass is 35.5. The summed E-state index contributed by atoms with van der Waals surface area (Å²) in [5.41, 5.74) is 3.56. The van der Waals surface area contributed by atoms with Crippen LogP contribution in [-0.2, 0) is 16.0 Å². The van der Waals surface area contributed by atoms with Crippen LogP contribution in [-0.4, -0.2) is 55.4 Å². The molecule has 34 heavy (non-hydrogen) atoms. The minimum Gasteiger partial charge on any atom is -0.481 e. The van der Waals surface area contributed by atoms with Gasteiger partial charge in [-0.2, -0.15) is 0 Å². The van der Waals surface area contributed by atoms with Gasteiger partial charge >= 0.3 is 5.97 Å². The van der Waals surface area contributed by atoms with Gasteiger partial charge in [0, 0.05) is 36.6 Å². The molecule has 2 aromatic carbocycles. The number of fused-ring (bicyclic) bond motifs is 2. The standard InChI is InChI=1S/C26H26ClFN2O4/c27-23-18(2-1-3-21(23)29-8-10-33-11-9-29)22-13-16-12-19-17(24(28)25(16)34-22)4-5-20(19)30-7-6-15(14-30)26(31)32/h1-3,12-13,15,20H,4-11,14H2,(H,31,32). The van der Waals surface area contributed by atoms with Crippen molar-refractivity contribution in [2.24, 2.45) is 5.92 Å². The number of likely N-dealkylation sites (tertiary alicyclic amines) is 1. The fraction of sp³-hybridized carbons (Fsp3) is 0.423. The van der Waals surface area contributed by atoms with E-state index >= 15 is 4.39 Å². The molecule has 0 saturated carbocycles. The average molecular weight is 485 g/mol. The third-order valence-corrected chi connectivity index (χ3v) is 7.91. The molecule has 178 valence electrons. The summed E-state index contributed by atoms with van der Waals surface area (Å²) in [6.07, 6.45) is 2.06. The van der Waals surface area contributed by atoms with E-state index in [9.17, 15) is 9.90 Å². The number of carboxylic acid groups (broad SMARTS) is 1. The predicted octanol–water partition coefficient (Wildman–Crippen LogP) is 5.12. The maximum atomic E-state index is 15.6. The lowest BCUT2D eigenvalue weighted by molar-refractivity contribution is -0.141. The number of anilines is 1. The molecule has 3 heterocycles. The van der Waals surface area contributed by atoms with Crippen molar-refractivity contribution in [3.05, 3.63) is 52.3 Å². The lowest BCUT2D eigenvalue weighted by Gasteiger charge is -2.30. The zero-order valence-corrected chi connectivity index (χ0v) is 19.5. The van der Waals surface area contributed by atoms with E-state index in [-0.39, 0.29) is 23.4 Å². The Balaban J connectivity index is 1.36. The Morgan fingerprint density at radius 3 is 2.74 bits per heavy atom. The van der Waals surface area contributed by atoms with Crippen molar-refractivity contribution < 1.29 is 23.4 Å². The first kappa shape index (κ1) is 21.9. The van der Waals surface area contributed by atoms with Gasteiger partial charge in [-0.1, -0.05) is 17.7 Å². The Morgan fingerprint density at radius 1 is 1.15 bits per heavy atom. The summed E-state index contributed by atoms with van der Waals surface area (Å²) in [4.78, 5) is 15.8. The number of furan rings is 1. The van der Waals surface area contributed by atoms with Crippen LogP contribution >= 0.6 is 11.6 Å². The van der Waals surface area contributed by atoms with Crippen LogP contribution in [0.3, 0.4) is 0 Å². The topological polar surface area (TPSA) is 66.2 Å². The van der Waals surface area contributed by atoms with Gasteiger partial charge in [-0.05, 0) is 61.2 Å². The predicted molar refractivity (Wildman–Crippen MR) is 128 cm³/mol. The van der Waals surface area contributed by atoms with Crippen molar-refractivity contribution in [3.63, 3.8) is 0 Å². The molecule has 2 fully saturated rings. The number of benzene rings is 2. The number of hydrogen-bond acceptors (Lipinski definition) is 5. The molecule has 1 aromatic heterocycles. The second-order valence-corrected chi connectivity index (χ2v) is 9.78. The number of carboxylic acids is 1. The Morgan fingerprint density at radius 2 is 1.97 bits per heavy atom. The SMILES string of the molecule is O=C(O)C1CCN(C2CCc3c2cc2cc(-c4cccc(N5CCOCC5)c4Cl)oc2c3F)C1. The molecular formula is C26H26ClFN2O4. The lowest BCUT2D eigenvalue weighted by atomic mass is 10.0. The summed E-state index contributed by atoms with van der Waals surface area (Å²) < 4.78 is 27.1. The molecule has 0 amide bonds. The normalized spacial score (nSPS) is 23.1. The number of hydrogen-bond donors (Lipinski definition) is 1. The van der Waals surface area contributed by atoms with Gasteiger partial charge < -0.3 is 19.2 Å². The van der Waals surface area contributed by atoms with Crippen LogP contribution in [0.2, 0.25) is 5.02 Å². The fourth-order valence-electron chi connectivity index (χ4n) is 5.73. The molecular weight excluding hydrogens is 459 g/mol. The summed E-state index contributed by atoms with van der Waals surface area (Å²) in [5.74, 6) is -0.867. The van der Waals surface area contributed by atoms with E-state index < -0.39 is 5.97 Å². The van der Waals surface area contributed by atoms with Crippen molar-refractivity contribution in [1.82, 2.24) is 4.90 Å². The van der Waals surface area contributed by atoms with Crippen LogP contribution in [0.15, 0.2) is 34.7 Å². The summed E-state index contributed by atoms with van der Waals surface area (Å²) in [5, 5.41) is 10.7. The van der Waals surface area contributed by atoms with Gasteiger partial charge in [-0.15, -0.1) is 0 Å². The maximum absolute atomic E-state index is 15.6. The van der Waals surface area contributed by atoms with E-state index in [1.165, 1.54) is 0 Å². The molecule has 3 aromatic rings. The summed E-state index contributed by atoms with van der Waals surface area (Å²) in [6.45, 7) is 4.10. The zero-order chi connectivity index (χ0) is 23.4.